The number of carbonyl (C=O) groups is 2. The molecule has 0 aliphatic rings. The molecule has 0 aromatic heterocycles. The van der Waals surface area contributed by atoms with E-state index in [1.165, 1.54) is 47.4 Å². The molecular weight excluding hydrogens is 494 g/mol. The van der Waals surface area contributed by atoms with Crippen molar-refractivity contribution in [3.05, 3.63) is 87.4 Å². The molecule has 3 aromatic rings. The summed E-state index contributed by atoms with van der Waals surface area (Å²) in [5.74, 6) is -2.54. The lowest BCUT2D eigenvalue weighted by Crippen LogP contribution is -2.38. The number of para-hydroxylation sites is 1. The number of halogens is 5. The summed E-state index contributed by atoms with van der Waals surface area (Å²) >= 11 is 11.9. The molecule has 1 N–H and O–H groups in total. The molecule has 34 heavy (non-hydrogen) atoms. The van der Waals surface area contributed by atoms with E-state index in [9.17, 15) is 27.9 Å². The van der Waals surface area contributed by atoms with E-state index in [-0.39, 0.29) is 32.6 Å². The number of carbonyl (C=O) groups excluding carboxylic acids is 1. The summed E-state index contributed by atoms with van der Waals surface area (Å²) in [7, 11) is 0. The first-order chi connectivity index (χ1) is 15.9. The molecular formula is C24H18Cl2F3NO4. The number of hydrogen-bond acceptors (Lipinski definition) is 3. The smallest absolute Gasteiger partial charge is 0.419 e. The van der Waals surface area contributed by atoms with Crippen LogP contribution >= 0.6 is 23.2 Å². The number of nitrogens with zero attached hydrogens (tertiary/aromatic N) is 1. The van der Waals surface area contributed by atoms with Gasteiger partial charge in [-0.1, -0.05) is 35.3 Å². The van der Waals surface area contributed by atoms with Gasteiger partial charge < -0.3 is 14.7 Å². The van der Waals surface area contributed by atoms with E-state index in [1.807, 2.05) is 0 Å². The van der Waals surface area contributed by atoms with Gasteiger partial charge in [0.15, 0.2) is 0 Å². The Morgan fingerprint density at radius 1 is 0.971 bits per heavy atom. The van der Waals surface area contributed by atoms with Crippen LogP contribution in [0.4, 0.5) is 18.9 Å². The predicted molar refractivity (Wildman–Crippen MR) is 123 cm³/mol. The first kappa shape index (κ1) is 25.4. The number of carboxylic acids is 1. The maximum atomic E-state index is 13.3. The molecule has 0 atom stereocenters. The number of anilines is 1. The number of ether oxygens (including phenoxy) is 1. The molecule has 0 spiro atoms. The number of rotatable bonds is 6. The second-order valence-electron chi connectivity index (χ2n) is 7.48. The van der Waals surface area contributed by atoms with Crippen molar-refractivity contribution in [3.63, 3.8) is 0 Å². The van der Waals surface area contributed by atoms with Crippen molar-refractivity contribution >= 4 is 40.8 Å². The van der Waals surface area contributed by atoms with E-state index < -0.39 is 35.4 Å². The number of alkyl halides is 3. The summed E-state index contributed by atoms with van der Waals surface area (Å²) in [6.07, 6.45) is -4.66. The molecule has 0 radical (unpaired) electrons. The number of carboxylic acid groups (broad SMARTS) is 1. The fourth-order valence-electron chi connectivity index (χ4n) is 3.27. The Morgan fingerprint density at radius 2 is 1.65 bits per heavy atom. The zero-order valence-corrected chi connectivity index (χ0v) is 19.4. The summed E-state index contributed by atoms with van der Waals surface area (Å²) in [6.45, 7) is 3.37. The minimum absolute atomic E-state index is 0.0371. The van der Waals surface area contributed by atoms with Gasteiger partial charge in [-0.3, -0.25) is 4.79 Å². The summed E-state index contributed by atoms with van der Waals surface area (Å²) in [5, 5.41) is 10.2. The van der Waals surface area contributed by atoms with Crippen LogP contribution in [0.15, 0.2) is 60.7 Å². The minimum atomic E-state index is -4.66. The minimum Gasteiger partial charge on any atom is -0.478 e. The molecule has 3 aromatic carbocycles. The normalized spacial score (nSPS) is 11.4. The van der Waals surface area contributed by atoms with Gasteiger partial charge >= 0.3 is 12.1 Å². The Labute approximate surface area is 203 Å². The van der Waals surface area contributed by atoms with Gasteiger partial charge in [0.1, 0.15) is 11.5 Å². The van der Waals surface area contributed by atoms with E-state index >= 15 is 0 Å². The molecule has 178 valence electrons. The van der Waals surface area contributed by atoms with Crippen molar-refractivity contribution in [2.75, 3.05) is 4.90 Å². The SMILES string of the molecule is CC(C)N(C(=O)c1ccc(Cl)c(Cl)c1)c1ccc(Oc2ccccc2C(F)(F)F)cc1C(=O)O. The van der Waals surface area contributed by atoms with Gasteiger partial charge in [0, 0.05) is 11.6 Å². The number of amides is 1. The fraction of sp³-hybridized carbons (Fsp3) is 0.167. The highest BCUT2D eigenvalue weighted by molar-refractivity contribution is 6.42. The lowest BCUT2D eigenvalue weighted by atomic mass is 10.1. The van der Waals surface area contributed by atoms with E-state index in [1.54, 1.807) is 13.8 Å². The molecule has 0 aliphatic carbocycles. The van der Waals surface area contributed by atoms with Crippen LogP contribution in [0.3, 0.4) is 0 Å². The van der Waals surface area contributed by atoms with Gasteiger partial charge in [0.2, 0.25) is 0 Å². The van der Waals surface area contributed by atoms with Crippen LogP contribution in [0.5, 0.6) is 11.5 Å². The predicted octanol–water partition coefficient (Wildman–Crippen LogP) is 7.56. The monoisotopic (exact) mass is 511 g/mol. The molecule has 0 bridgehead atoms. The Hall–Kier alpha value is -3.23. The molecule has 1 amide bonds. The summed E-state index contributed by atoms with van der Waals surface area (Å²) in [6, 6.07) is 12.1. The maximum Gasteiger partial charge on any atom is 0.419 e. The quantitative estimate of drug-likeness (QED) is 0.370. The van der Waals surface area contributed by atoms with E-state index in [0.29, 0.717) is 0 Å². The van der Waals surface area contributed by atoms with Crippen molar-refractivity contribution in [3.8, 4) is 11.5 Å². The number of benzene rings is 3. The Bertz CT molecular complexity index is 1250. The van der Waals surface area contributed by atoms with Crippen LogP contribution in [0.1, 0.15) is 40.1 Å². The molecule has 0 fully saturated rings. The zero-order chi connectivity index (χ0) is 25.2. The average molecular weight is 512 g/mol. The second-order valence-corrected chi connectivity index (χ2v) is 8.29. The second kappa shape index (κ2) is 9.95. The van der Waals surface area contributed by atoms with Crippen LogP contribution in [-0.4, -0.2) is 23.0 Å². The average Bonchev–Trinajstić information content (AvgIpc) is 2.75. The lowest BCUT2D eigenvalue weighted by molar-refractivity contribution is -0.138. The van der Waals surface area contributed by atoms with Gasteiger partial charge in [-0.25, -0.2) is 4.79 Å². The van der Waals surface area contributed by atoms with Gasteiger partial charge in [0.25, 0.3) is 5.91 Å². The first-order valence-corrected chi connectivity index (χ1v) is 10.7. The highest BCUT2D eigenvalue weighted by atomic mass is 35.5. The van der Waals surface area contributed by atoms with Gasteiger partial charge in [-0.2, -0.15) is 13.2 Å². The van der Waals surface area contributed by atoms with E-state index in [0.717, 1.165) is 18.2 Å². The van der Waals surface area contributed by atoms with E-state index in [2.05, 4.69) is 0 Å². The summed E-state index contributed by atoms with van der Waals surface area (Å²) < 4.78 is 45.2. The number of aromatic carboxylic acids is 1. The third kappa shape index (κ3) is 5.46. The largest absolute Gasteiger partial charge is 0.478 e. The molecule has 10 heteroatoms. The van der Waals surface area contributed by atoms with Crippen molar-refractivity contribution in [2.45, 2.75) is 26.1 Å². The summed E-state index contributed by atoms with van der Waals surface area (Å²) in [4.78, 5) is 26.5. The van der Waals surface area contributed by atoms with Crippen LogP contribution < -0.4 is 9.64 Å². The summed E-state index contributed by atoms with van der Waals surface area (Å²) in [5.41, 5.74) is -1.12. The van der Waals surface area contributed by atoms with Gasteiger partial charge in [-0.05, 0) is 62.4 Å². The Kier molecular flexibility index (Phi) is 7.43. The van der Waals surface area contributed by atoms with Crippen LogP contribution in [0.25, 0.3) is 0 Å². The van der Waals surface area contributed by atoms with Crippen LogP contribution in [-0.2, 0) is 6.18 Å². The molecule has 0 aliphatic heterocycles. The van der Waals surface area contributed by atoms with Gasteiger partial charge in [-0.15, -0.1) is 0 Å². The molecule has 0 heterocycles. The highest BCUT2D eigenvalue weighted by Crippen LogP contribution is 2.39. The third-order valence-electron chi connectivity index (χ3n) is 4.78. The standard InChI is InChI=1S/C24H18Cl2F3NO4/c1-13(2)30(22(31)14-7-9-18(25)19(26)11-14)20-10-8-15(12-16(20)23(32)33)34-21-6-4-3-5-17(21)24(27,28)29/h3-13H,1-2H3,(H,32,33). The Morgan fingerprint density at radius 3 is 2.24 bits per heavy atom. The molecule has 0 saturated heterocycles. The van der Waals surface area contributed by atoms with Crippen LogP contribution in [0.2, 0.25) is 10.0 Å². The lowest BCUT2D eigenvalue weighted by Gasteiger charge is -2.28. The van der Waals surface area contributed by atoms with Crippen molar-refractivity contribution in [1.82, 2.24) is 0 Å². The topological polar surface area (TPSA) is 66.8 Å². The molecule has 0 unspecified atom stereocenters. The fourth-order valence-corrected chi connectivity index (χ4v) is 3.57. The van der Waals surface area contributed by atoms with Crippen molar-refractivity contribution < 1.29 is 32.6 Å². The molecule has 0 saturated carbocycles. The van der Waals surface area contributed by atoms with Gasteiger partial charge in [0.05, 0.1) is 26.9 Å². The van der Waals surface area contributed by atoms with Crippen LogP contribution in [0, 0.1) is 0 Å². The van der Waals surface area contributed by atoms with Crippen molar-refractivity contribution in [1.29, 1.82) is 0 Å². The zero-order valence-electron chi connectivity index (χ0n) is 17.9. The molecule has 5 nitrogen and oxygen atoms in total. The Balaban J connectivity index is 2.04. The number of hydrogen-bond donors (Lipinski definition) is 1. The first-order valence-electron chi connectivity index (χ1n) is 9.90. The maximum absolute atomic E-state index is 13.3. The third-order valence-corrected chi connectivity index (χ3v) is 5.52. The van der Waals surface area contributed by atoms with Crippen molar-refractivity contribution in [2.24, 2.45) is 0 Å². The molecule has 3 rings (SSSR count). The highest BCUT2D eigenvalue weighted by Gasteiger charge is 2.34. The van der Waals surface area contributed by atoms with E-state index in [4.69, 9.17) is 27.9 Å².